The molecule has 1 heterocycles. The lowest BCUT2D eigenvalue weighted by Gasteiger charge is -1.90. The third-order valence-corrected chi connectivity index (χ3v) is 1.25. The maximum atomic E-state index is 8.45. The molecule has 0 saturated carbocycles. The van der Waals surface area contributed by atoms with E-state index in [-0.39, 0.29) is 0 Å². The van der Waals surface area contributed by atoms with Crippen LogP contribution in [0.3, 0.4) is 0 Å². The summed E-state index contributed by atoms with van der Waals surface area (Å²) in [5, 5.41) is 20.5. The highest BCUT2D eigenvalue weighted by molar-refractivity contribution is 5.21. The van der Waals surface area contributed by atoms with Crippen LogP contribution in [0.1, 0.15) is 5.56 Å². The van der Waals surface area contributed by atoms with Crippen molar-refractivity contribution in [3.63, 3.8) is 0 Å². The molecule has 12 heavy (non-hydrogen) atoms. The summed E-state index contributed by atoms with van der Waals surface area (Å²) in [6.07, 6.45) is 6.17. The van der Waals surface area contributed by atoms with Gasteiger partial charge in [-0.3, -0.25) is 4.68 Å². The van der Waals surface area contributed by atoms with Gasteiger partial charge in [0, 0.05) is 12.3 Å². The number of nitriles is 2. The first-order chi connectivity index (χ1) is 5.86. The molecule has 0 spiro atoms. The maximum Gasteiger partial charge on any atom is 0.102 e. The van der Waals surface area contributed by atoms with Gasteiger partial charge in [0.05, 0.1) is 24.4 Å². The molecule has 0 aliphatic heterocycles. The number of rotatable bonds is 2. The largest absolute Gasteiger partial charge is 0.268 e. The zero-order chi connectivity index (χ0) is 8.81. The van der Waals surface area contributed by atoms with Crippen LogP contribution in [0.15, 0.2) is 24.5 Å². The molecular weight excluding hydrogens is 152 g/mol. The fourth-order valence-corrected chi connectivity index (χ4v) is 0.735. The minimum atomic E-state index is 0.523. The molecule has 0 aliphatic carbocycles. The molecule has 0 radical (unpaired) electrons. The molecule has 0 N–H and O–H groups in total. The first-order valence-electron chi connectivity index (χ1n) is 3.34. The van der Waals surface area contributed by atoms with Crippen molar-refractivity contribution in [1.82, 2.24) is 9.78 Å². The molecule has 0 fully saturated rings. The van der Waals surface area contributed by atoms with Crippen molar-refractivity contribution in [1.29, 1.82) is 10.5 Å². The van der Waals surface area contributed by atoms with Gasteiger partial charge in [-0.05, 0) is 0 Å². The first-order valence-corrected chi connectivity index (χ1v) is 3.34. The number of aromatic nitrogens is 2. The molecule has 0 atom stereocenters. The van der Waals surface area contributed by atoms with Gasteiger partial charge < -0.3 is 0 Å². The quantitative estimate of drug-likeness (QED) is 0.599. The number of nitrogens with zero attached hydrogens (tertiary/aromatic N) is 4. The number of hydrogen-bond acceptors (Lipinski definition) is 3. The maximum absolute atomic E-state index is 8.45. The topological polar surface area (TPSA) is 65.4 Å². The molecule has 0 aliphatic rings. The Balaban J connectivity index is 2.61. The summed E-state index contributed by atoms with van der Waals surface area (Å²) in [4.78, 5) is 0. The van der Waals surface area contributed by atoms with E-state index in [4.69, 9.17) is 10.5 Å². The molecule has 0 unspecified atom stereocenters. The van der Waals surface area contributed by atoms with Gasteiger partial charge in [-0.1, -0.05) is 6.08 Å². The molecule has 1 rings (SSSR count). The van der Waals surface area contributed by atoms with Crippen molar-refractivity contribution in [2.24, 2.45) is 0 Å². The molecule has 1 aromatic heterocycles. The van der Waals surface area contributed by atoms with Crippen LogP contribution in [-0.2, 0) is 6.54 Å². The van der Waals surface area contributed by atoms with Crippen LogP contribution >= 0.6 is 0 Å². The van der Waals surface area contributed by atoms with Gasteiger partial charge >= 0.3 is 0 Å². The van der Waals surface area contributed by atoms with Gasteiger partial charge in [0.15, 0.2) is 0 Å². The Morgan fingerprint density at radius 1 is 1.58 bits per heavy atom. The Morgan fingerprint density at radius 2 is 2.42 bits per heavy atom. The van der Waals surface area contributed by atoms with E-state index in [1.807, 2.05) is 12.1 Å². The minimum Gasteiger partial charge on any atom is -0.268 e. The fourth-order valence-electron chi connectivity index (χ4n) is 0.735. The van der Waals surface area contributed by atoms with E-state index < -0.39 is 0 Å². The standard InChI is InChI=1S/C8H6N4/c9-3-1-2-4-12-7-8(5-10)6-11-12/h1-2,6-7H,4H2. The van der Waals surface area contributed by atoms with E-state index in [2.05, 4.69) is 5.10 Å². The Morgan fingerprint density at radius 3 is 3.00 bits per heavy atom. The highest BCUT2D eigenvalue weighted by atomic mass is 15.3. The van der Waals surface area contributed by atoms with Crippen LogP contribution in [0.4, 0.5) is 0 Å². The smallest absolute Gasteiger partial charge is 0.102 e. The number of allylic oxidation sites excluding steroid dienone is 2. The Kier molecular flexibility index (Phi) is 2.64. The van der Waals surface area contributed by atoms with E-state index in [0.717, 1.165) is 0 Å². The van der Waals surface area contributed by atoms with Gasteiger partial charge in [-0.15, -0.1) is 0 Å². The monoisotopic (exact) mass is 158 g/mol. The first kappa shape index (κ1) is 8.03. The van der Waals surface area contributed by atoms with Gasteiger partial charge in [0.25, 0.3) is 0 Å². The molecule has 4 heteroatoms. The van der Waals surface area contributed by atoms with Crippen LogP contribution < -0.4 is 0 Å². The van der Waals surface area contributed by atoms with Crippen LogP contribution in [-0.4, -0.2) is 9.78 Å². The summed E-state index contributed by atoms with van der Waals surface area (Å²) in [5.41, 5.74) is 0.528. The van der Waals surface area contributed by atoms with Crippen molar-refractivity contribution in [3.05, 3.63) is 30.1 Å². The summed E-state index contributed by atoms with van der Waals surface area (Å²) in [7, 11) is 0. The summed E-state index contributed by atoms with van der Waals surface area (Å²) in [5.74, 6) is 0. The summed E-state index contributed by atoms with van der Waals surface area (Å²) >= 11 is 0. The molecule has 0 aromatic carbocycles. The van der Waals surface area contributed by atoms with Gasteiger partial charge in [0.2, 0.25) is 0 Å². The van der Waals surface area contributed by atoms with Crippen molar-refractivity contribution in [2.45, 2.75) is 6.54 Å². The lowest BCUT2D eigenvalue weighted by molar-refractivity contribution is 0.702. The van der Waals surface area contributed by atoms with Crippen molar-refractivity contribution in [3.8, 4) is 12.1 Å². The minimum absolute atomic E-state index is 0.523. The van der Waals surface area contributed by atoms with Crippen LogP contribution in [0.2, 0.25) is 0 Å². The summed E-state index contributed by atoms with van der Waals surface area (Å²) in [6, 6.07) is 3.84. The molecular formula is C8H6N4. The molecule has 1 aromatic rings. The Labute approximate surface area is 70.0 Å². The lowest BCUT2D eigenvalue weighted by atomic mass is 10.4. The van der Waals surface area contributed by atoms with Crippen LogP contribution in [0, 0.1) is 22.7 Å². The zero-order valence-electron chi connectivity index (χ0n) is 6.31. The highest BCUT2D eigenvalue weighted by Gasteiger charge is 1.92. The molecule has 0 bridgehead atoms. The van der Waals surface area contributed by atoms with E-state index in [1.165, 1.54) is 12.3 Å². The summed E-state index contributed by atoms with van der Waals surface area (Å²) in [6.45, 7) is 0.523. The highest BCUT2D eigenvalue weighted by Crippen LogP contribution is 1.94. The zero-order valence-corrected chi connectivity index (χ0v) is 6.31. The van der Waals surface area contributed by atoms with Gasteiger partial charge in [-0.25, -0.2) is 0 Å². The van der Waals surface area contributed by atoms with E-state index in [9.17, 15) is 0 Å². The molecule has 0 saturated heterocycles. The van der Waals surface area contributed by atoms with E-state index in [0.29, 0.717) is 12.1 Å². The Bertz CT molecular complexity index is 361. The lowest BCUT2D eigenvalue weighted by Crippen LogP contribution is -1.93. The van der Waals surface area contributed by atoms with Crippen LogP contribution in [0.5, 0.6) is 0 Å². The molecule has 0 amide bonds. The van der Waals surface area contributed by atoms with Gasteiger partial charge in [-0.2, -0.15) is 15.6 Å². The second-order valence-electron chi connectivity index (χ2n) is 2.09. The fraction of sp³-hybridized carbons (Fsp3) is 0.125. The van der Waals surface area contributed by atoms with Crippen molar-refractivity contribution in [2.75, 3.05) is 0 Å². The van der Waals surface area contributed by atoms with Crippen molar-refractivity contribution < 1.29 is 0 Å². The third-order valence-electron chi connectivity index (χ3n) is 1.25. The summed E-state index contributed by atoms with van der Waals surface area (Å²) < 4.78 is 1.59. The third kappa shape index (κ3) is 1.96. The SMILES string of the molecule is N#CC=CCn1cc(C#N)cn1. The van der Waals surface area contributed by atoms with Crippen LogP contribution in [0.25, 0.3) is 0 Å². The second kappa shape index (κ2) is 3.95. The molecule has 4 nitrogen and oxygen atoms in total. The van der Waals surface area contributed by atoms with Crippen molar-refractivity contribution >= 4 is 0 Å². The van der Waals surface area contributed by atoms with Gasteiger partial charge in [0.1, 0.15) is 6.07 Å². The predicted molar refractivity (Wildman–Crippen MR) is 41.7 cm³/mol. The molecule has 58 valence electrons. The predicted octanol–water partition coefficient (Wildman–Crippen LogP) is 0.835. The number of hydrogen-bond donors (Lipinski definition) is 0. The van der Waals surface area contributed by atoms with E-state index >= 15 is 0 Å². The average molecular weight is 158 g/mol. The second-order valence-corrected chi connectivity index (χ2v) is 2.09. The Hall–Kier alpha value is -2.07. The van der Waals surface area contributed by atoms with E-state index in [1.54, 1.807) is 17.0 Å². The normalized spacial score (nSPS) is 9.50. The average Bonchev–Trinajstić information content (AvgIpc) is 2.53.